The number of esters is 1. The van der Waals surface area contributed by atoms with Gasteiger partial charge in [0, 0.05) is 16.9 Å². The van der Waals surface area contributed by atoms with Crippen molar-refractivity contribution in [3.8, 4) is 0 Å². The Hall–Kier alpha value is -3.58. The van der Waals surface area contributed by atoms with Gasteiger partial charge in [-0.05, 0) is 54.6 Å². The molecule has 7 nitrogen and oxygen atoms in total. The van der Waals surface area contributed by atoms with Crippen LogP contribution in [0, 0.1) is 0 Å². The van der Waals surface area contributed by atoms with Crippen LogP contribution in [0.1, 0.15) is 31.3 Å². The van der Waals surface area contributed by atoms with E-state index < -0.39 is 11.9 Å². The zero-order valence-electron chi connectivity index (χ0n) is 14.7. The van der Waals surface area contributed by atoms with E-state index in [-0.39, 0.29) is 22.3 Å². The maximum absolute atomic E-state index is 12.4. The normalized spacial score (nSPS) is 10.2. The number of anilines is 2. The largest absolute Gasteiger partial charge is 0.465 e. The van der Waals surface area contributed by atoms with Crippen LogP contribution in [-0.2, 0) is 4.74 Å². The molecule has 28 heavy (non-hydrogen) atoms. The van der Waals surface area contributed by atoms with Gasteiger partial charge in [0.05, 0.1) is 24.0 Å². The summed E-state index contributed by atoms with van der Waals surface area (Å²) in [5.41, 5.74) is 1.42. The molecule has 0 bridgehead atoms. The Labute approximate surface area is 165 Å². The number of rotatable bonds is 5. The van der Waals surface area contributed by atoms with Gasteiger partial charge in [0.2, 0.25) is 0 Å². The highest BCUT2D eigenvalue weighted by Crippen LogP contribution is 2.22. The highest BCUT2D eigenvalue weighted by atomic mass is 35.5. The van der Waals surface area contributed by atoms with Crippen molar-refractivity contribution < 1.29 is 23.5 Å². The van der Waals surface area contributed by atoms with E-state index in [2.05, 4.69) is 15.4 Å². The lowest BCUT2D eigenvalue weighted by atomic mass is 10.1. The fourth-order valence-electron chi connectivity index (χ4n) is 2.38. The van der Waals surface area contributed by atoms with E-state index in [1.165, 1.54) is 25.5 Å². The third-order valence-electron chi connectivity index (χ3n) is 3.78. The zero-order chi connectivity index (χ0) is 20.1. The van der Waals surface area contributed by atoms with Crippen molar-refractivity contribution in [1.29, 1.82) is 0 Å². The lowest BCUT2D eigenvalue weighted by molar-refractivity contribution is 0.0600. The fourth-order valence-corrected chi connectivity index (χ4v) is 2.57. The lowest BCUT2D eigenvalue weighted by Crippen LogP contribution is -2.14. The van der Waals surface area contributed by atoms with E-state index in [1.807, 2.05) is 0 Å². The first kappa shape index (κ1) is 19.2. The summed E-state index contributed by atoms with van der Waals surface area (Å²) in [4.78, 5) is 36.0. The minimum absolute atomic E-state index is 0.151. The maximum Gasteiger partial charge on any atom is 0.339 e. The molecule has 0 saturated carbocycles. The summed E-state index contributed by atoms with van der Waals surface area (Å²) >= 11 is 5.96. The smallest absolute Gasteiger partial charge is 0.339 e. The molecule has 2 amide bonds. The van der Waals surface area contributed by atoms with Crippen LogP contribution >= 0.6 is 11.6 Å². The Morgan fingerprint density at radius 1 is 0.929 bits per heavy atom. The van der Waals surface area contributed by atoms with Gasteiger partial charge in [-0.1, -0.05) is 11.6 Å². The van der Waals surface area contributed by atoms with Gasteiger partial charge in [0.15, 0.2) is 5.76 Å². The molecule has 8 heteroatoms. The van der Waals surface area contributed by atoms with Gasteiger partial charge in [0.1, 0.15) is 0 Å². The fraction of sp³-hybridized carbons (Fsp3) is 0.0500. The predicted octanol–water partition coefficient (Wildman–Crippen LogP) is 4.22. The summed E-state index contributed by atoms with van der Waals surface area (Å²) < 4.78 is 9.68. The number of ether oxygens (including phenoxy) is 1. The summed E-state index contributed by atoms with van der Waals surface area (Å²) in [5, 5.41) is 5.57. The highest BCUT2D eigenvalue weighted by molar-refractivity contribution is 6.33. The van der Waals surface area contributed by atoms with Crippen LogP contribution in [0.4, 0.5) is 11.4 Å². The van der Waals surface area contributed by atoms with Crippen molar-refractivity contribution in [2.24, 2.45) is 0 Å². The van der Waals surface area contributed by atoms with Crippen molar-refractivity contribution in [2.45, 2.75) is 0 Å². The molecule has 0 spiro atoms. The molecule has 1 aromatic heterocycles. The lowest BCUT2D eigenvalue weighted by Gasteiger charge is -2.09. The maximum atomic E-state index is 12.4. The Bertz CT molecular complexity index is 1010. The number of halogens is 1. The van der Waals surface area contributed by atoms with Crippen LogP contribution in [0.25, 0.3) is 0 Å². The van der Waals surface area contributed by atoms with Gasteiger partial charge in [0.25, 0.3) is 11.8 Å². The molecule has 0 radical (unpaired) electrons. The second-order valence-corrected chi connectivity index (χ2v) is 6.06. The molecule has 0 saturated heterocycles. The molecular weight excluding hydrogens is 384 g/mol. The summed E-state index contributed by atoms with van der Waals surface area (Å²) in [5.74, 6) is -1.19. The highest BCUT2D eigenvalue weighted by Gasteiger charge is 2.14. The first-order valence-corrected chi connectivity index (χ1v) is 8.50. The quantitative estimate of drug-likeness (QED) is 0.627. The van der Waals surface area contributed by atoms with E-state index in [4.69, 9.17) is 16.0 Å². The van der Waals surface area contributed by atoms with Crippen LogP contribution < -0.4 is 10.6 Å². The van der Waals surface area contributed by atoms with Gasteiger partial charge in [-0.15, -0.1) is 0 Å². The van der Waals surface area contributed by atoms with Crippen molar-refractivity contribution in [3.63, 3.8) is 0 Å². The molecule has 0 fully saturated rings. The van der Waals surface area contributed by atoms with Crippen LogP contribution in [0.3, 0.4) is 0 Å². The Morgan fingerprint density at radius 3 is 2.25 bits per heavy atom. The van der Waals surface area contributed by atoms with Crippen molar-refractivity contribution in [1.82, 2.24) is 0 Å². The second kappa shape index (κ2) is 8.41. The number of carbonyl (C=O) groups excluding carboxylic acids is 3. The van der Waals surface area contributed by atoms with E-state index in [9.17, 15) is 14.4 Å². The van der Waals surface area contributed by atoms with Crippen molar-refractivity contribution in [3.05, 3.63) is 82.8 Å². The van der Waals surface area contributed by atoms with Gasteiger partial charge < -0.3 is 19.8 Å². The number of hydrogen-bond donors (Lipinski definition) is 2. The van der Waals surface area contributed by atoms with Gasteiger partial charge >= 0.3 is 5.97 Å². The monoisotopic (exact) mass is 398 g/mol. The number of nitrogens with one attached hydrogen (secondary N) is 2. The first-order chi connectivity index (χ1) is 13.5. The summed E-state index contributed by atoms with van der Waals surface area (Å²) in [6.45, 7) is 0. The molecule has 1 heterocycles. The standard InChI is InChI=1S/C20H15ClN2O5/c1-27-20(26)15-11-14(8-9-16(15)21)23-18(24)12-4-6-13(7-5-12)22-19(25)17-3-2-10-28-17/h2-11H,1H3,(H,22,25)(H,23,24). The molecule has 2 aromatic carbocycles. The topological polar surface area (TPSA) is 97.6 Å². The number of carbonyl (C=O) groups is 3. The molecule has 0 unspecified atom stereocenters. The minimum Gasteiger partial charge on any atom is -0.465 e. The van der Waals surface area contributed by atoms with E-state index >= 15 is 0 Å². The molecule has 0 aliphatic rings. The molecule has 0 aliphatic carbocycles. The van der Waals surface area contributed by atoms with Crippen LogP contribution in [-0.4, -0.2) is 24.9 Å². The van der Waals surface area contributed by atoms with Crippen LogP contribution in [0.5, 0.6) is 0 Å². The SMILES string of the molecule is COC(=O)c1cc(NC(=O)c2ccc(NC(=O)c3ccco3)cc2)ccc1Cl. The molecule has 0 aliphatic heterocycles. The number of methoxy groups -OCH3 is 1. The summed E-state index contributed by atoms with van der Waals surface area (Å²) in [6.07, 6.45) is 1.41. The number of benzene rings is 2. The van der Waals surface area contributed by atoms with E-state index in [1.54, 1.807) is 42.5 Å². The molecule has 142 valence electrons. The third-order valence-corrected chi connectivity index (χ3v) is 4.11. The van der Waals surface area contributed by atoms with Gasteiger partial charge in [-0.2, -0.15) is 0 Å². The van der Waals surface area contributed by atoms with E-state index in [0.717, 1.165) is 0 Å². The average Bonchev–Trinajstić information content (AvgIpc) is 3.24. The Balaban J connectivity index is 1.68. The first-order valence-electron chi connectivity index (χ1n) is 8.12. The van der Waals surface area contributed by atoms with E-state index in [0.29, 0.717) is 16.9 Å². The molecule has 2 N–H and O–H groups in total. The average molecular weight is 399 g/mol. The van der Waals surface area contributed by atoms with Gasteiger partial charge in [-0.25, -0.2) is 4.79 Å². The van der Waals surface area contributed by atoms with Crippen molar-refractivity contribution >= 4 is 40.8 Å². The Morgan fingerprint density at radius 2 is 1.61 bits per heavy atom. The van der Waals surface area contributed by atoms with Crippen LogP contribution in [0.15, 0.2) is 65.3 Å². The van der Waals surface area contributed by atoms with Crippen LogP contribution in [0.2, 0.25) is 5.02 Å². The molecule has 3 rings (SSSR count). The number of hydrogen-bond acceptors (Lipinski definition) is 5. The second-order valence-electron chi connectivity index (χ2n) is 5.65. The van der Waals surface area contributed by atoms with Crippen molar-refractivity contribution in [2.75, 3.05) is 17.7 Å². The molecule has 3 aromatic rings. The Kier molecular flexibility index (Phi) is 5.76. The molecule has 0 atom stereocenters. The summed E-state index contributed by atoms with van der Waals surface area (Å²) in [6, 6.07) is 14.0. The third kappa shape index (κ3) is 4.39. The predicted molar refractivity (Wildman–Crippen MR) is 104 cm³/mol. The minimum atomic E-state index is -0.599. The number of furan rings is 1. The number of amides is 2. The van der Waals surface area contributed by atoms with Gasteiger partial charge in [-0.3, -0.25) is 9.59 Å². The summed E-state index contributed by atoms with van der Waals surface area (Å²) in [7, 11) is 1.25. The zero-order valence-corrected chi connectivity index (χ0v) is 15.4. The molecular formula is C20H15ClN2O5.